The van der Waals surface area contributed by atoms with Gasteiger partial charge in [0.2, 0.25) is 5.91 Å². The fourth-order valence-electron chi connectivity index (χ4n) is 2.14. The van der Waals surface area contributed by atoms with Gasteiger partial charge in [-0.05, 0) is 12.8 Å². The van der Waals surface area contributed by atoms with Crippen LogP contribution < -0.4 is 11.1 Å². The molecule has 1 amide bonds. The maximum absolute atomic E-state index is 12.0. The van der Waals surface area contributed by atoms with E-state index >= 15 is 0 Å². The zero-order valence-electron chi connectivity index (χ0n) is 10.1. The van der Waals surface area contributed by atoms with E-state index in [-0.39, 0.29) is 24.0 Å². The molecule has 0 aromatic carbocycles. The van der Waals surface area contributed by atoms with Crippen LogP contribution in [0.2, 0.25) is 0 Å². The molecule has 0 aliphatic heterocycles. The van der Waals surface area contributed by atoms with Crippen LogP contribution in [0.5, 0.6) is 0 Å². The largest absolute Gasteiger partial charge is 0.392 e. The summed E-state index contributed by atoms with van der Waals surface area (Å²) in [4.78, 5) is 12.2. The average Bonchev–Trinajstić information content (AvgIpc) is 2.78. The van der Waals surface area contributed by atoms with E-state index in [9.17, 15) is 13.6 Å². The van der Waals surface area contributed by atoms with Gasteiger partial charge in [0.15, 0.2) is 0 Å². The van der Waals surface area contributed by atoms with Gasteiger partial charge in [-0.25, -0.2) is 8.78 Å². The van der Waals surface area contributed by atoms with E-state index in [0.717, 1.165) is 12.8 Å². The lowest BCUT2D eigenvalue weighted by molar-refractivity contribution is -0.127. The molecule has 4 nitrogen and oxygen atoms in total. The van der Waals surface area contributed by atoms with E-state index < -0.39 is 18.4 Å². The standard InChI is InChI=1S/C11H18F2N2O2S/c12-8(13)7-17-6-5-15-10(16)11(9(14)18)3-1-2-4-11/h8H,1-7H2,(H2,14,18)(H,15,16). The van der Waals surface area contributed by atoms with Crippen LogP contribution in [0, 0.1) is 5.41 Å². The molecular weight excluding hydrogens is 262 g/mol. The van der Waals surface area contributed by atoms with Gasteiger partial charge in [0.1, 0.15) is 6.61 Å². The zero-order chi connectivity index (χ0) is 13.6. The number of carbonyl (C=O) groups excluding carboxylic acids is 1. The Morgan fingerprint density at radius 2 is 2.06 bits per heavy atom. The number of thiocarbonyl (C=S) groups is 1. The summed E-state index contributed by atoms with van der Waals surface area (Å²) in [6.45, 7) is -0.365. The molecule has 0 spiro atoms. The first-order valence-electron chi connectivity index (χ1n) is 5.93. The first-order valence-corrected chi connectivity index (χ1v) is 6.34. The van der Waals surface area contributed by atoms with Crippen molar-refractivity contribution in [2.75, 3.05) is 19.8 Å². The van der Waals surface area contributed by atoms with Crippen LogP contribution in [0.1, 0.15) is 25.7 Å². The smallest absolute Gasteiger partial charge is 0.261 e. The first kappa shape index (κ1) is 15.2. The van der Waals surface area contributed by atoms with Gasteiger partial charge in [-0.2, -0.15) is 0 Å². The summed E-state index contributed by atoms with van der Waals surface area (Å²) in [6, 6.07) is 0. The van der Waals surface area contributed by atoms with Crippen LogP contribution in [0.25, 0.3) is 0 Å². The van der Waals surface area contributed by atoms with Crippen LogP contribution in [-0.4, -0.2) is 37.1 Å². The first-order chi connectivity index (χ1) is 8.49. The lowest BCUT2D eigenvalue weighted by Gasteiger charge is -2.26. The summed E-state index contributed by atoms with van der Waals surface area (Å²) in [6.07, 6.45) is 0.677. The van der Waals surface area contributed by atoms with E-state index in [1.165, 1.54) is 0 Å². The molecule has 1 aliphatic rings. The molecule has 1 aliphatic carbocycles. The Morgan fingerprint density at radius 3 is 2.56 bits per heavy atom. The Morgan fingerprint density at radius 1 is 1.44 bits per heavy atom. The molecule has 7 heteroatoms. The predicted molar refractivity (Wildman–Crippen MR) is 67.5 cm³/mol. The van der Waals surface area contributed by atoms with Gasteiger partial charge in [0, 0.05) is 6.54 Å². The highest BCUT2D eigenvalue weighted by Gasteiger charge is 2.43. The molecule has 0 saturated heterocycles. The quantitative estimate of drug-likeness (QED) is 0.544. The molecule has 0 aromatic heterocycles. The molecule has 1 rings (SSSR count). The minimum atomic E-state index is -2.49. The number of amides is 1. The summed E-state index contributed by atoms with van der Waals surface area (Å²) in [7, 11) is 0. The zero-order valence-corrected chi connectivity index (χ0v) is 10.9. The van der Waals surface area contributed by atoms with Crippen LogP contribution >= 0.6 is 12.2 Å². The molecule has 1 fully saturated rings. The highest BCUT2D eigenvalue weighted by molar-refractivity contribution is 7.80. The number of rotatable bonds is 7. The number of hydrogen-bond donors (Lipinski definition) is 2. The molecular formula is C11H18F2N2O2S. The Bertz CT molecular complexity index is 307. The average molecular weight is 280 g/mol. The van der Waals surface area contributed by atoms with Crippen molar-refractivity contribution in [3.8, 4) is 0 Å². The lowest BCUT2D eigenvalue weighted by Crippen LogP contribution is -2.48. The van der Waals surface area contributed by atoms with Crippen LogP contribution in [0.4, 0.5) is 8.78 Å². The van der Waals surface area contributed by atoms with Crippen molar-refractivity contribution in [3.63, 3.8) is 0 Å². The summed E-state index contributed by atoms with van der Waals surface area (Å²) in [5.41, 5.74) is 4.89. The number of nitrogens with one attached hydrogen (secondary N) is 1. The summed E-state index contributed by atoms with van der Waals surface area (Å²) >= 11 is 4.97. The Hall–Kier alpha value is -0.820. The van der Waals surface area contributed by atoms with E-state index in [4.69, 9.17) is 18.0 Å². The number of halogens is 2. The Kier molecular flexibility index (Phi) is 5.87. The number of nitrogens with two attached hydrogens (primary N) is 1. The molecule has 0 atom stereocenters. The third kappa shape index (κ3) is 3.84. The molecule has 0 bridgehead atoms. The minimum Gasteiger partial charge on any atom is -0.392 e. The van der Waals surface area contributed by atoms with Crippen molar-refractivity contribution in [2.24, 2.45) is 11.1 Å². The van der Waals surface area contributed by atoms with E-state index in [1.807, 2.05) is 0 Å². The fourth-order valence-corrected chi connectivity index (χ4v) is 2.44. The van der Waals surface area contributed by atoms with Crippen molar-refractivity contribution in [1.82, 2.24) is 5.32 Å². The van der Waals surface area contributed by atoms with Gasteiger partial charge in [-0.15, -0.1) is 0 Å². The third-order valence-electron chi connectivity index (χ3n) is 3.14. The van der Waals surface area contributed by atoms with Gasteiger partial charge in [0.05, 0.1) is 17.0 Å². The molecule has 0 heterocycles. The monoisotopic (exact) mass is 280 g/mol. The minimum absolute atomic E-state index is 0.0590. The highest BCUT2D eigenvalue weighted by Crippen LogP contribution is 2.38. The maximum atomic E-state index is 12.0. The van der Waals surface area contributed by atoms with E-state index in [0.29, 0.717) is 12.8 Å². The van der Waals surface area contributed by atoms with E-state index in [2.05, 4.69) is 10.1 Å². The summed E-state index contributed by atoms with van der Waals surface area (Å²) in [5.74, 6) is -0.215. The second-order valence-corrected chi connectivity index (χ2v) is 4.82. The number of ether oxygens (including phenoxy) is 1. The van der Waals surface area contributed by atoms with E-state index in [1.54, 1.807) is 0 Å². The molecule has 18 heavy (non-hydrogen) atoms. The van der Waals surface area contributed by atoms with Crippen molar-refractivity contribution in [1.29, 1.82) is 0 Å². The predicted octanol–water partition coefficient (Wildman–Crippen LogP) is 1.23. The molecule has 104 valence electrons. The summed E-state index contributed by atoms with van der Waals surface area (Å²) in [5, 5.41) is 2.64. The second-order valence-electron chi connectivity index (χ2n) is 4.38. The van der Waals surface area contributed by atoms with Crippen LogP contribution in [0.15, 0.2) is 0 Å². The normalized spacial score (nSPS) is 17.9. The Balaban J connectivity index is 2.33. The van der Waals surface area contributed by atoms with Gasteiger partial charge in [0.25, 0.3) is 6.43 Å². The van der Waals surface area contributed by atoms with Crippen molar-refractivity contribution >= 4 is 23.1 Å². The van der Waals surface area contributed by atoms with Gasteiger partial charge in [-0.3, -0.25) is 4.79 Å². The van der Waals surface area contributed by atoms with Crippen LogP contribution in [0.3, 0.4) is 0 Å². The lowest BCUT2D eigenvalue weighted by atomic mass is 9.85. The van der Waals surface area contributed by atoms with Crippen molar-refractivity contribution in [3.05, 3.63) is 0 Å². The SMILES string of the molecule is NC(=S)C1(C(=O)NCCOCC(F)F)CCCC1. The second kappa shape index (κ2) is 6.94. The van der Waals surface area contributed by atoms with Crippen molar-refractivity contribution in [2.45, 2.75) is 32.1 Å². The third-order valence-corrected chi connectivity index (χ3v) is 3.53. The number of hydrogen-bond acceptors (Lipinski definition) is 3. The molecule has 1 saturated carbocycles. The van der Waals surface area contributed by atoms with Gasteiger partial charge in [-0.1, -0.05) is 25.1 Å². The number of alkyl halides is 2. The Labute approximate surface area is 110 Å². The fraction of sp³-hybridized carbons (Fsp3) is 0.818. The topological polar surface area (TPSA) is 64.4 Å². The molecule has 3 N–H and O–H groups in total. The van der Waals surface area contributed by atoms with Gasteiger partial charge < -0.3 is 15.8 Å². The molecule has 0 radical (unpaired) electrons. The number of carbonyl (C=O) groups is 1. The molecule has 0 unspecified atom stereocenters. The highest BCUT2D eigenvalue weighted by atomic mass is 32.1. The summed E-state index contributed by atoms with van der Waals surface area (Å²) < 4.78 is 28.2. The van der Waals surface area contributed by atoms with Crippen molar-refractivity contribution < 1.29 is 18.3 Å². The molecule has 0 aromatic rings. The van der Waals surface area contributed by atoms with Gasteiger partial charge >= 0.3 is 0 Å². The maximum Gasteiger partial charge on any atom is 0.261 e. The van der Waals surface area contributed by atoms with Crippen LogP contribution in [-0.2, 0) is 9.53 Å².